The number of carbonyl (C=O) groups is 1. The van der Waals surface area contributed by atoms with Crippen LogP contribution in [0.3, 0.4) is 0 Å². The zero-order valence-electron chi connectivity index (χ0n) is 10.6. The number of amides is 1. The Morgan fingerprint density at radius 2 is 2.20 bits per heavy atom. The van der Waals surface area contributed by atoms with Crippen molar-refractivity contribution in [3.63, 3.8) is 0 Å². The minimum Gasteiger partial charge on any atom is -0.320 e. The molecular formula is C12H11N7O. The van der Waals surface area contributed by atoms with E-state index in [2.05, 4.69) is 30.9 Å². The maximum Gasteiger partial charge on any atom is 0.277 e. The van der Waals surface area contributed by atoms with Crippen molar-refractivity contribution in [3.05, 3.63) is 42.5 Å². The van der Waals surface area contributed by atoms with Gasteiger partial charge in [-0.2, -0.15) is 15.4 Å². The number of aryl methyl sites for hydroxylation is 1. The van der Waals surface area contributed by atoms with Crippen molar-refractivity contribution in [1.29, 1.82) is 0 Å². The number of carbonyl (C=O) groups excluding carboxylic acids is 1. The number of para-hydroxylation sites is 1. The van der Waals surface area contributed by atoms with Crippen LogP contribution in [0.4, 0.5) is 5.69 Å². The first kappa shape index (κ1) is 12.0. The second-order valence-electron chi connectivity index (χ2n) is 4.12. The third-order valence-electron chi connectivity index (χ3n) is 2.78. The van der Waals surface area contributed by atoms with Gasteiger partial charge in [-0.3, -0.25) is 4.79 Å². The fourth-order valence-electron chi connectivity index (χ4n) is 1.81. The van der Waals surface area contributed by atoms with Crippen LogP contribution in [0.5, 0.6) is 0 Å². The maximum atomic E-state index is 12.0. The third kappa shape index (κ3) is 2.14. The number of aromatic amines is 1. The Morgan fingerprint density at radius 1 is 1.35 bits per heavy atom. The highest BCUT2D eigenvalue weighted by molar-refractivity contribution is 6.04. The molecule has 3 aromatic rings. The first-order valence-corrected chi connectivity index (χ1v) is 5.86. The van der Waals surface area contributed by atoms with Crippen molar-refractivity contribution in [3.8, 4) is 11.4 Å². The highest BCUT2D eigenvalue weighted by atomic mass is 16.2. The highest BCUT2D eigenvalue weighted by Gasteiger charge is 2.14. The molecule has 0 atom stereocenters. The van der Waals surface area contributed by atoms with Gasteiger partial charge in [0.05, 0.1) is 11.9 Å². The van der Waals surface area contributed by atoms with E-state index in [-0.39, 0.29) is 11.6 Å². The van der Waals surface area contributed by atoms with E-state index in [1.165, 1.54) is 6.20 Å². The number of rotatable bonds is 3. The van der Waals surface area contributed by atoms with Crippen LogP contribution in [0.25, 0.3) is 11.4 Å². The van der Waals surface area contributed by atoms with E-state index in [9.17, 15) is 4.79 Å². The topological polar surface area (TPSA) is 101 Å². The molecule has 0 unspecified atom stereocenters. The molecule has 2 aromatic heterocycles. The zero-order valence-corrected chi connectivity index (χ0v) is 10.6. The quantitative estimate of drug-likeness (QED) is 0.734. The molecule has 2 N–H and O–H groups in total. The molecule has 0 radical (unpaired) electrons. The number of H-pyrrole nitrogens is 1. The van der Waals surface area contributed by atoms with E-state index < -0.39 is 0 Å². The summed E-state index contributed by atoms with van der Waals surface area (Å²) >= 11 is 0. The SMILES string of the molecule is Cn1cnnc1-c1ccccc1NC(=O)c1cn[nH]n1. The van der Waals surface area contributed by atoms with Gasteiger partial charge in [0.1, 0.15) is 6.33 Å². The maximum absolute atomic E-state index is 12.0. The molecule has 8 heteroatoms. The lowest BCUT2D eigenvalue weighted by molar-refractivity contribution is 0.102. The summed E-state index contributed by atoms with van der Waals surface area (Å²) in [6.07, 6.45) is 2.96. The van der Waals surface area contributed by atoms with Gasteiger partial charge in [0.25, 0.3) is 5.91 Å². The largest absolute Gasteiger partial charge is 0.320 e. The zero-order chi connectivity index (χ0) is 13.9. The van der Waals surface area contributed by atoms with E-state index in [1.54, 1.807) is 17.0 Å². The molecule has 8 nitrogen and oxygen atoms in total. The van der Waals surface area contributed by atoms with Crippen molar-refractivity contribution in [2.45, 2.75) is 0 Å². The summed E-state index contributed by atoms with van der Waals surface area (Å²) in [5.74, 6) is 0.328. The molecule has 0 spiro atoms. The van der Waals surface area contributed by atoms with Crippen LogP contribution in [-0.4, -0.2) is 36.1 Å². The van der Waals surface area contributed by atoms with Crippen molar-refractivity contribution in [1.82, 2.24) is 30.2 Å². The normalized spacial score (nSPS) is 10.4. The number of nitrogens with one attached hydrogen (secondary N) is 2. The molecule has 0 aliphatic rings. The summed E-state index contributed by atoms with van der Waals surface area (Å²) in [5, 5.41) is 20.4. The van der Waals surface area contributed by atoms with Crippen molar-refractivity contribution >= 4 is 11.6 Å². The molecule has 100 valence electrons. The number of nitrogens with zero attached hydrogens (tertiary/aromatic N) is 5. The summed E-state index contributed by atoms with van der Waals surface area (Å²) in [4.78, 5) is 12.0. The van der Waals surface area contributed by atoms with E-state index in [4.69, 9.17) is 0 Å². The number of anilines is 1. The number of hydrogen-bond acceptors (Lipinski definition) is 5. The molecule has 0 aliphatic carbocycles. The monoisotopic (exact) mass is 269 g/mol. The second kappa shape index (κ2) is 4.92. The van der Waals surface area contributed by atoms with Crippen LogP contribution >= 0.6 is 0 Å². The minimum absolute atomic E-state index is 0.220. The third-order valence-corrected chi connectivity index (χ3v) is 2.78. The number of aromatic nitrogens is 6. The molecule has 1 aromatic carbocycles. The van der Waals surface area contributed by atoms with Gasteiger partial charge in [-0.1, -0.05) is 12.1 Å². The Hall–Kier alpha value is -3.03. The highest BCUT2D eigenvalue weighted by Crippen LogP contribution is 2.25. The van der Waals surface area contributed by atoms with Gasteiger partial charge in [0, 0.05) is 12.6 Å². The lowest BCUT2D eigenvalue weighted by Crippen LogP contribution is -2.13. The van der Waals surface area contributed by atoms with E-state index >= 15 is 0 Å². The predicted octanol–water partition coefficient (Wildman–Crippen LogP) is 0.852. The Kier molecular flexibility index (Phi) is 2.96. The van der Waals surface area contributed by atoms with Gasteiger partial charge < -0.3 is 9.88 Å². The smallest absolute Gasteiger partial charge is 0.277 e. The summed E-state index contributed by atoms with van der Waals surface area (Å²) in [5.41, 5.74) is 1.64. The molecule has 2 heterocycles. The fraction of sp³-hybridized carbons (Fsp3) is 0.0833. The van der Waals surface area contributed by atoms with Crippen LogP contribution in [0, 0.1) is 0 Å². The summed E-state index contributed by atoms with van der Waals surface area (Å²) in [6.45, 7) is 0. The Balaban J connectivity index is 1.95. The van der Waals surface area contributed by atoms with E-state index in [1.807, 2.05) is 25.2 Å². The van der Waals surface area contributed by atoms with Crippen molar-refractivity contribution in [2.24, 2.45) is 7.05 Å². The minimum atomic E-state index is -0.339. The first-order chi connectivity index (χ1) is 9.75. The Labute approximate surface area is 113 Å². The molecule has 0 fully saturated rings. The van der Waals surface area contributed by atoms with Gasteiger partial charge in [-0.25, -0.2) is 0 Å². The molecule has 0 aliphatic heterocycles. The first-order valence-electron chi connectivity index (χ1n) is 5.86. The van der Waals surface area contributed by atoms with Crippen LogP contribution in [0.1, 0.15) is 10.5 Å². The standard InChI is InChI=1S/C12H11N7O/c1-19-7-14-17-11(19)8-4-2-3-5-9(8)15-12(20)10-6-13-18-16-10/h2-7H,1H3,(H,15,20)(H,13,16,18). The number of benzene rings is 1. The number of hydrogen-bond donors (Lipinski definition) is 2. The molecule has 1 amide bonds. The predicted molar refractivity (Wildman–Crippen MR) is 70.8 cm³/mol. The second-order valence-corrected chi connectivity index (χ2v) is 4.12. The van der Waals surface area contributed by atoms with E-state index in [0.717, 1.165) is 5.56 Å². The molecule has 0 saturated heterocycles. The van der Waals surface area contributed by atoms with Crippen LogP contribution < -0.4 is 5.32 Å². The van der Waals surface area contributed by atoms with Crippen LogP contribution in [-0.2, 0) is 7.05 Å². The lowest BCUT2D eigenvalue weighted by Gasteiger charge is -2.09. The van der Waals surface area contributed by atoms with Gasteiger partial charge in [0.15, 0.2) is 11.5 Å². The van der Waals surface area contributed by atoms with E-state index in [0.29, 0.717) is 11.5 Å². The van der Waals surface area contributed by atoms with Gasteiger partial charge in [-0.05, 0) is 12.1 Å². The van der Waals surface area contributed by atoms with Crippen LogP contribution in [0.2, 0.25) is 0 Å². The molecule has 20 heavy (non-hydrogen) atoms. The lowest BCUT2D eigenvalue weighted by atomic mass is 10.1. The van der Waals surface area contributed by atoms with Crippen molar-refractivity contribution < 1.29 is 4.79 Å². The van der Waals surface area contributed by atoms with Gasteiger partial charge >= 0.3 is 0 Å². The Morgan fingerprint density at radius 3 is 2.90 bits per heavy atom. The summed E-state index contributed by atoms with van der Waals surface area (Å²) in [6, 6.07) is 7.36. The fourth-order valence-corrected chi connectivity index (χ4v) is 1.81. The molecule has 0 saturated carbocycles. The van der Waals surface area contributed by atoms with Crippen LogP contribution in [0.15, 0.2) is 36.8 Å². The van der Waals surface area contributed by atoms with Crippen molar-refractivity contribution in [2.75, 3.05) is 5.32 Å². The molecule has 0 bridgehead atoms. The summed E-state index contributed by atoms with van der Waals surface area (Å²) < 4.78 is 1.78. The molecule has 3 rings (SSSR count). The summed E-state index contributed by atoms with van der Waals surface area (Å²) in [7, 11) is 1.84. The molecular weight excluding hydrogens is 258 g/mol. The van der Waals surface area contributed by atoms with Gasteiger partial charge in [-0.15, -0.1) is 10.2 Å². The average molecular weight is 269 g/mol. The Bertz CT molecular complexity index is 732. The van der Waals surface area contributed by atoms with Gasteiger partial charge in [0.2, 0.25) is 0 Å². The average Bonchev–Trinajstić information content (AvgIpc) is 3.10.